The molecule has 0 spiro atoms. The quantitative estimate of drug-likeness (QED) is 0.609. The van der Waals surface area contributed by atoms with Gasteiger partial charge in [-0.15, -0.1) is 11.8 Å². The predicted molar refractivity (Wildman–Crippen MR) is 76.0 cm³/mol. The Balaban J connectivity index is 2.33. The molecule has 1 rings (SSSR count). The highest BCUT2D eigenvalue weighted by atomic mass is 32.2. The van der Waals surface area contributed by atoms with Crippen molar-refractivity contribution in [1.82, 2.24) is 5.32 Å². The van der Waals surface area contributed by atoms with Crippen LogP contribution in [-0.4, -0.2) is 31.4 Å². The number of methoxy groups -OCH3 is 1. The summed E-state index contributed by atoms with van der Waals surface area (Å²) in [4.78, 5) is 12.9. The van der Waals surface area contributed by atoms with Gasteiger partial charge in [-0.25, -0.2) is 0 Å². The van der Waals surface area contributed by atoms with E-state index >= 15 is 0 Å². The summed E-state index contributed by atoms with van der Waals surface area (Å²) in [6.07, 6.45) is 0.851. The van der Waals surface area contributed by atoms with Crippen molar-refractivity contribution in [1.29, 1.82) is 0 Å². The summed E-state index contributed by atoms with van der Waals surface area (Å²) in [5.74, 6) is 0.0803. The summed E-state index contributed by atoms with van der Waals surface area (Å²) < 4.78 is 4.93. The van der Waals surface area contributed by atoms with Gasteiger partial charge in [0.1, 0.15) is 0 Å². The van der Waals surface area contributed by atoms with Gasteiger partial charge in [0.05, 0.1) is 5.25 Å². The third-order valence-corrected chi connectivity index (χ3v) is 3.64. The van der Waals surface area contributed by atoms with Crippen molar-refractivity contribution in [3.05, 3.63) is 29.8 Å². The van der Waals surface area contributed by atoms with Crippen molar-refractivity contribution in [2.45, 2.75) is 30.4 Å². The number of ether oxygens (including phenoxy) is 1. The number of benzene rings is 1. The predicted octanol–water partition coefficient (Wildman–Crippen LogP) is 2.63. The van der Waals surface area contributed by atoms with Gasteiger partial charge in [-0.05, 0) is 32.4 Å². The van der Waals surface area contributed by atoms with Crippen LogP contribution in [0.2, 0.25) is 0 Å². The summed E-state index contributed by atoms with van der Waals surface area (Å²) in [5.41, 5.74) is 1.23. The standard InChI is InChI=1S/C14H21NO2S/c1-11-5-7-13(8-6-11)18-12(2)14(16)15-9-4-10-17-3/h5-8,12H,4,9-10H2,1-3H3,(H,15,16)/t12-/m1/s1. The van der Waals surface area contributed by atoms with Crippen LogP contribution in [-0.2, 0) is 9.53 Å². The molecular formula is C14H21NO2S. The third-order valence-electron chi connectivity index (χ3n) is 2.53. The van der Waals surface area contributed by atoms with Gasteiger partial charge in [0.15, 0.2) is 0 Å². The van der Waals surface area contributed by atoms with E-state index in [4.69, 9.17) is 4.74 Å². The zero-order valence-corrected chi connectivity index (χ0v) is 12.0. The van der Waals surface area contributed by atoms with Gasteiger partial charge in [-0.2, -0.15) is 0 Å². The Morgan fingerprint density at radius 3 is 2.67 bits per heavy atom. The summed E-state index contributed by atoms with van der Waals surface area (Å²) in [7, 11) is 1.66. The van der Waals surface area contributed by atoms with Crippen molar-refractivity contribution >= 4 is 17.7 Å². The Kier molecular flexibility index (Phi) is 6.83. The Labute approximate surface area is 113 Å². The van der Waals surface area contributed by atoms with Crippen LogP contribution < -0.4 is 5.32 Å². The van der Waals surface area contributed by atoms with E-state index in [0.717, 1.165) is 11.3 Å². The normalized spacial score (nSPS) is 12.2. The molecule has 1 aromatic rings. The molecule has 18 heavy (non-hydrogen) atoms. The van der Waals surface area contributed by atoms with E-state index in [-0.39, 0.29) is 11.2 Å². The van der Waals surface area contributed by atoms with Crippen LogP contribution in [0.3, 0.4) is 0 Å². The Bertz CT molecular complexity index is 365. The first-order valence-corrected chi connectivity index (χ1v) is 7.01. The molecule has 1 N–H and O–H groups in total. The fourth-order valence-electron chi connectivity index (χ4n) is 1.45. The first kappa shape index (κ1) is 15.1. The number of carbonyl (C=O) groups excluding carboxylic acids is 1. The number of aryl methyl sites for hydroxylation is 1. The molecule has 1 aromatic carbocycles. The lowest BCUT2D eigenvalue weighted by atomic mass is 10.2. The zero-order valence-electron chi connectivity index (χ0n) is 11.2. The average molecular weight is 267 g/mol. The van der Waals surface area contributed by atoms with E-state index in [2.05, 4.69) is 36.5 Å². The van der Waals surface area contributed by atoms with E-state index in [0.29, 0.717) is 13.2 Å². The van der Waals surface area contributed by atoms with Gasteiger partial charge in [0, 0.05) is 25.2 Å². The molecule has 0 heterocycles. The van der Waals surface area contributed by atoms with Gasteiger partial charge in [0.2, 0.25) is 5.91 Å². The van der Waals surface area contributed by atoms with Crippen LogP contribution in [0.1, 0.15) is 18.9 Å². The minimum atomic E-state index is -0.0738. The number of thioether (sulfide) groups is 1. The van der Waals surface area contributed by atoms with Crippen LogP contribution >= 0.6 is 11.8 Å². The molecule has 0 fully saturated rings. The smallest absolute Gasteiger partial charge is 0.233 e. The number of amides is 1. The first-order valence-electron chi connectivity index (χ1n) is 6.13. The van der Waals surface area contributed by atoms with Crippen LogP contribution in [0.5, 0.6) is 0 Å². The number of carbonyl (C=O) groups is 1. The second-order valence-corrected chi connectivity index (χ2v) is 5.62. The van der Waals surface area contributed by atoms with Crippen LogP contribution in [0.15, 0.2) is 29.2 Å². The molecule has 0 bridgehead atoms. The minimum absolute atomic E-state index is 0.0738. The van der Waals surface area contributed by atoms with Crippen molar-refractivity contribution < 1.29 is 9.53 Å². The summed E-state index contributed by atoms with van der Waals surface area (Å²) in [6, 6.07) is 8.22. The number of rotatable bonds is 7. The highest BCUT2D eigenvalue weighted by Crippen LogP contribution is 2.23. The molecule has 4 heteroatoms. The summed E-state index contributed by atoms with van der Waals surface area (Å²) in [5, 5.41) is 2.84. The zero-order chi connectivity index (χ0) is 13.4. The molecule has 3 nitrogen and oxygen atoms in total. The lowest BCUT2D eigenvalue weighted by Gasteiger charge is -2.12. The van der Waals surface area contributed by atoms with Gasteiger partial charge in [-0.1, -0.05) is 17.7 Å². The first-order chi connectivity index (χ1) is 8.63. The van der Waals surface area contributed by atoms with E-state index in [1.807, 2.05) is 6.92 Å². The SMILES string of the molecule is COCCCNC(=O)[C@@H](C)Sc1ccc(C)cc1. The van der Waals surface area contributed by atoms with Crippen molar-refractivity contribution in [3.63, 3.8) is 0 Å². The molecule has 0 unspecified atom stereocenters. The van der Waals surface area contributed by atoms with Gasteiger partial charge in [-0.3, -0.25) is 4.79 Å². The van der Waals surface area contributed by atoms with Crippen LogP contribution in [0.25, 0.3) is 0 Å². The summed E-state index contributed by atoms with van der Waals surface area (Å²) in [6.45, 7) is 5.34. The second-order valence-electron chi connectivity index (χ2n) is 4.21. The molecular weight excluding hydrogens is 246 g/mol. The highest BCUT2D eigenvalue weighted by molar-refractivity contribution is 8.00. The van der Waals surface area contributed by atoms with Gasteiger partial charge in [0.25, 0.3) is 0 Å². The molecule has 0 aliphatic carbocycles. The molecule has 100 valence electrons. The maximum Gasteiger partial charge on any atom is 0.233 e. The van der Waals surface area contributed by atoms with Crippen LogP contribution in [0.4, 0.5) is 0 Å². The lowest BCUT2D eigenvalue weighted by Crippen LogP contribution is -2.32. The fourth-order valence-corrected chi connectivity index (χ4v) is 2.34. The molecule has 0 aliphatic heterocycles. The number of nitrogens with one attached hydrogen (secondary N) is 1. The summed E-state index contributed by atoms with van der Waals surface area (Å²) >= 11 is 1.58. The topological polar surface area (TPSA) is 38.3 Å². The number of hydrogen-bond acceptors (Lipinski definition) is 3. The van der Waals surface area contributed by atoms with E-state index < -0.39 is 0 Å². The van der Waals surface area contributed by atoms with Gasteiger partial charge < -0.3 is 10.1 Å². The molecule has 0 saturated heterocycles. The maximum absolute atomic E-state index is 11.8. The van der Waals surface area contributed by atoms with E-state index in [1.165, 1.54) is 5.56 Å². The molecule has 0 radical (unpaired) electrons. The second kappa shape index (κ2) is 8.16. The number of hydrogen-bond donors (Lipinski definition) is 1. The molecule has 1 atom stereocenters. The minimum Gasteiger partial charge on any atom is -0.385 e. The van der Waals surface area contributed by atoms with E-state index in [9.17, 15) is 4.79 Å². The third kappa shape index (κ3) is 5.56. The van der Waals surface area contributed by atoms with Crippen molar-refractivity contribution in [3.8, 4) is 0 Å². The average Bonchev–Trinajstić information content (AvgIpc) is 2.37. The molecule has 0 aromatic heterocycles. The highest BCUT2D eigenvalue weighted by Gasteiger charge is 2.13. The Hall–Kier alpha value is -1.00. The Morgan fingerprint density at radius 1 is 1.39 bits per heavy atom. The van der Waals surface area contributed by atoms with Gasteiger partial charge >= 0.3 is 0 Å². The van der Waals surface area contributed by atoms with Crippen molar-refractivity contribution in [2.24, 2.45) is 0 Å². The molecule has 0 aliphatic rings. The monoisotopic (exact) mass is 267 g/mol. The molecule has 0 saturated carbocycles. The lowest BCUT2D eigenvalue weighted by molar-refractivity contribution is -0.120. The van der Waals surface area contributed by atoms with Crippen molar-refractivity contribution in [2.75, 3.05) is 20.3 Å². The maximum atomic E-state index is 11.8. The fraction of sp³-hybridized carbons (Fsp3) is 0.500. The largest absolute Gasteiger partial charge is 0.385 e. The molecule has 1 amide bonds. The van der Waals surface area contributed by atoms with E-state index in [1.54, 1.807) is 18.9 Å². The van der Waals surface area contributed by atoms with Crippen LogP contribution in [0, 0.1) is 6.92 Å². The Morgan fingerprint density at radius 2 is 2.06 bits per heavy atom.